The largest absolute Gasteiger partial charge is 0.372 e. The van der Waals surface area contributed by atoms with Crippen LogP contribution < -0.4 is 5.73 Å². The predicted octanol–water partition coefficient (Wildman–Crippen LogP) is -0.264. The maximum atomic E-state index is 11.5. The van der Waals surface area contributed by atoms with Gasteiger partial charge in [-0.15, -0.1) is 5.10 Å². The number of rotatable bonds is 5. The van der Waals surface area contributed by atoms with Gasteiger partial charge in [0.2, 0.25) is 5.78 Å². The van der Waals surface area contributed by atoms with Gasteiger partial charge in [0.25, 0.3) is 0 Å². The molecule has 0 aromatic carbocycles. The molecule has 0 saturated carbocycles. The molecule has 0 fully saturated rings. The highest BCUT2D eigenvalue weighted by Crippen LogP contribution is 2.12. The van der Waals surface area contributed by atoms with Crippen LogP contribution in [-0.2, 0) is 11.8 Å². The van der Waals surface area contributed by atoms with Crippen molar-refractivity contribution in [3.05, 3.63) is 10.3 Å². The monoisotopic (exact) mass is 262 g/mol. The van der Waals surface area contributed by atoms with Crippen molar-refractivity contribution in [2.45, 2.75) is 0 Å². The Kier molecular flexibility index (Phi) is 4.18. The van der Waals surface area contributed by atoms with Crippen LogP contribution in [0.25, 0.3) is 0 Å². The first-order valence-corrected chi connectivity index (χ1v) is 4.82. The third kappa shape index (κ3) is 2.60. The quantitative estimate of drug-likeness (QED) is 0.584. The smallest absolute Gasteiger partial charge is 0.209 e. The number of carbonyl (C=O) groups excluding carboxylic acids is 1. The number of hydrogen-bond acceptors (Lipinski definition) is 5. The molecule has 0 radical (unpaired) electrons. The average molecular weight is 263 g/mol. The summed E-state index contributed by atoms with van der Waals surface area (Å²) >= 11 is 3.13. The summed E-state index contributed by atoms with van der Waals surface area (Å²) in [6.07, 6.45) is 0. The fraction of sp³-hybridized carbons (Fsp3) is 0.571. The molecule has 1 rings (SSSR count). The van der Waals surface area contributed by atoms with Gasteiger partial charge in [-0.1, -0.05) is 5.21 Å². The van der Waals surface area contributed by atoms with Gasteiger partial charge in [-0.05, 0) is 15.9 Å². The Morgan fingerprint density at radius 2 is 2.43 bits per heavy atom. The highest BCUT2D eigenvalue weighted by atomic mass is 79.9. The van der Waals surface area contributed by atoms with Crippen LogP contribution >= 0.6 is 15.9 Å². The van der Waals surface area contributed by atoms with Crippen molar-refractivity contribution in [3.63, 3.8) is 0 Å². The molecule has 6 nitrogen and oxygen atoms in total. The first kappa shape index (κ1) is 11.3. The third-order valence-corrected chi connectivity index (χ3v) is 2.08. The molecule has 0 aliphatic rings. The van der Waals surface area contributed by atoms with Crippen LogP contribution in [-0.4, -0.2) is 40.5 Å². The Hall–Kier alpha value is -0.790. The number of ketones is 1. The first-order valence-electron chi connectivity index (χ1n) is 4.03. The summed E-state index contributed by atoms with van der Waals surface area (Å²) in [6, 6.07) is 0. The topological polar surface area (TPSA) is 83.0 Å². The molecule has 2 N–H and O–H groups in total. The maximum absolute atomic E-state index is 11.5. The van der Waals surface area contributed by atoms with E-state index < -0.39 is 0 Å². The zero-order valence-electron chi connectivity index (χ0n) is 7.73. The molecule has 0 saturated heterocycles. The standard InChI is InChI=1S/C7H11BrN4O2/c1-12-6(7(8)10-11-12)5(13)4-14-3-2-9/h2-4,9H2,1H3. The first-order chi connectivity index (χ1) is 6.66. The van der Waals surface area contributed by atoms with Crippen molar-refractivity contribution < 1.29 is 9.53 Å². The van der Waals surface area contributed by atoms with Gasteiger partial charge in [0, 0.05) is 13.6 Å². The SMILES string of the molecule is Cn1nnc(Br)c1C(=O)COCCN. The summed E-state index contributed by atoms with van der Waals surface area (Å²) in [5.74, 6) is -0.169. The molecule has 78 valence electrons. The molecule has 1 aromatic rings. The van der Waals surface area contributed by atoms with E-state index in [1.165, 1.54) is 4.68 Å². The highest BCUT2D eigenvalue weighted by Gasteiger charge is 2.16. The molecule has 0 spiro atoms. The van der Waals surface area contributed by atoms with Crippen LogP contribution in [0.4, 0.5) is 0 Å². The summed E-state index contributed by atoms with van der Waals surface area (Å²) < 4.78 is 6.85. The number of nitrogens with zero attached hydrogens (tertiary/aromatic N) is 3. The van der Waals surface area contributed by atoms with E-state index in [1.54, 1.807) is 7.05 Å². The van der Waals surface area contributed by atoms with Gasteiger partial charge in [-0.3, -0.25) is 4.79 Å². The van der Waals surface area contributed by atoms with Gasteiger partial charge in [0.15, 0.2) is 4.60 Å². The van der Waals surface area contributed by atoms with E-state index in [9.17, 15) is 4.79 Å². The lowest BCUT2D eigenvalue weighted by Gasteiger charge is -2.01. The molecule has 0 bridgehead atoms. The molecule has 0 aliphatic carbocycles. The van der Waals surface area contributed by atoms with Crippen molar-refractivity contribution in [1.82, 2.24) is 15.0 Å². The Labute approximate surface area is 89.5 Å². The van der Waals surface area contributed by atoms with Crippen molar-refractivity contribution in [2.75, 3.05) is 19.8 Å². The predicted molar refractivity (Wildman–Crippen MR) is 52.9 cm³/mol. The summed E-state index contributed by atoms with van der Waals surface area (Å²) in [5.41, 5.74) is 5.62. The second kappa shape index (κ2) is 5.18. The number of aromatic nitrogens is 3. The second-order valence-electron chi connectivity index (χ2n) is 2.62. The minimum absolute atomic E-state index is 0.00296. The van der Waals surface area contributed by atoms with Crippen LogP contribution in [0.5, 0.6) is 0 Å². The Bertz CT molecular complexity index is 306. The van der Waals surface area contributed by atoms with Crippen LogP contribution in [0.2, 0.25) is 0 Å². The van der Waals surface area contributed by atoms with Gasteiger partial charge >= 0.3 is 0 Å². The summed E-state index contributed by atoms with van der Waals surface area (Å²) in [5, 5.41) is 7.38. The van der Waals surface area contributed by atoms with Crippen molar-refractivity contribution in [1.29, 1.82) is 0 Å². The van der Waals surface area contributed by atoms with E-state index in [1.807, 2.05) is 0 Å². The molecule has 1 heterocycles. The van der Waals surface area contributed by atoms with E-state index in [0.29, 0.717) is 23.4 Å². The zero-order chi connectivity index (χ0) is 10.6. The molecule has 0 unspecified atom stereocenters. The fourth-order valence-electron chi connectivity index (χ4n) is 0.944. The number of aryl methyl sites for hydroxylation is 1. The normalized spacial score (nSPS) is 10.5. The summed E-state index contributed by atoms with van der Waals surface area (Å²) in [4.78, 5) is 11.5. The lowest BCUT2D eigenvalue weighted by molar-refractivity contribution is 0.0764. The number of ether oxygens (including phenoxy) is 1. The van der Waals surface area contributed by atoms with Crippen LogP contribution in [0, 0.1) is 0 Å². The zero-order valence-corrected chi connectivity index (χ0v) is 9.32. The molecule has 0 aliphatic heterocycles. The minimum Gasteiger partial charge on any atom is -0.372 e. The summed E-state index contributed by atoms with van der Waals surface area (Å²) in [7, 11) is 1.65. The molecule has 14 heavy (non-hydrogen) atoms. The van der Waals surface area contributed by atoms with Crippen LogP contribution in [0.15, 0.2) is 4.60 Å². The van der Waals surface area contributed by atoms with Gasteiger partial charge in [0.1, 0.15) is 12.3 Å². The van der Waals surface area contributed by atoms with Crippen LogP contribution in [0.3, 0.4) is 0 Å². The third-order valence-electron chi connectivity index (χ3n) is 1.55. The number of carbonyl (C=O) groups is 1. The van der Waals surface area contributed by atoms with Crippen molar-refractivity contribution in [2.24, 2.45) is 12.8 Å². The Balaban J connectivity index is 2.60. The molecule has 0 atom stereocenters. The Morgan fingerprint density at radius 1 is 1.71 bits per heavy atom. The number of halogens is 1. The molecular weight excluding hydrogens is 252 g/mol. The van der Waals surface area contributed by atoms with Gasteiger partial charge in [-0.25, -0.2) is 4.68 Å². The van der Waals surface area contributed by atoms with E-state index in [0.717, 1.165) is 0 Å². The van der Waals surface area contributed by atoms with Gasteiger partial charge in [-0.2, -0.15) is 0 Å². The average Bonchev–Trinajstić information content (AvgIpc) is 2.46. The maximum Gasteiger partial charge on any atom is 0.209 e. The molecular formula is C7H11BrN4O2. The van der Waals surface area contributed by atoms with Crippen molar-refractivity contribution in [3.8, 4) is 0 Å². The van der Waals surface area contributed by atoms with Gasteiger partial charge in [0.05, 0.1) is 6.61 Å². The number of hydrogen-bond donors (Lipinski definition) is 1. The Morgan fingerprint density at radius 3 is 2.93 bits per heavy atom. The van der Waals surface area contributed by atoms with E-state index in [4.69, 9.17) is 10.5 Å². The highest BCUT2D eigenvalue weighted by molar-refractivity contribution is 9.10. The second-order valence-corrected chi connectivity index (χ2v) is 3.37. The fourth-order valence-corrected chi connectivity index (χ4v) is 1.49. The number of nitrogens with two attached hydrogens (primary N) is 1. The number of Topliss-reactive ketones (excluding diaryl/α,β-unsaturated/α-hetero) is 1. The minimum atomic E-state index is -0.169. The van der Waals surface area contributed by atoms with E-state index >= 15 is 0 Å². The lowest BCUT2D eigenvalue weighted by atomic mass is 10.3. The van der Waals surface area contributed by atoms with Crippen LogP contribution in [0.1, 0.15) is 10.5 Å². The molecule has 0 amide bonds. The van der Waals surface area contributed by atoms with E-state index in [-0.39, 0.29) is 12.4 Å². The summed E-state index contributed by atoms with van der Waals surface area (Å²) in [6.45, 7) is 0.768. The lowest BCUT2D eigenvalue weighted by Crippen LogP contribution is -2.17. The van der Waals surface area contributed by atoms with E-state index in [2.05, 4.69) is 26.2 Å². The molecule has 7 heteroatoms. The van der Waals surface area contributed by atoms with Crippen molar-refractivity contribution >= 4 is 21.7 Å². The van der Waals surface area contributed by atoms with Gasteiger partial charge < -0.3 is 10.5 Å². The molecule has 1 aromatic heterocycles.